The Kier molecular flexibility index (Phi) is 4.10. The Labute approximate surface area is 165 Å². The van der Waals surface area contributed by atoms with Crippen LogP contribution in [-0.4, -0.2) is 34.7 Å². The summed E-state index contributed by atoms with van der Waals surface area (Å²) in [6.45, 7) is 0. The molecule has 1 saturated carbocycles. The van der Waals surface area contributed by atoms with Gasteiger partial charge in [-0.15, -0.1) is 11.8 Å². The van der Waals surface area contributed by atoms with Crippen LogP contribution in [-0.2, 0) is 16.7 Å². The third-order valence-electron chi connectivity index (χ3n) is 6.92. The molecule has 1 aromatic carbocycles. The van der Waals surface area contributed by atoms with Gasteiger partial charge in [-0.1, -0.05) is 30.3 Å². The summed E-state index contributed by atoms with van der Waals surface area (Å²) in [5, 5.41) is 1.33. The number of fused-ring (bicyclic) bond motifs is 4. The molecule has 2 aliphatic rings. The van der Waals surface area contributed by atoms with Crippen LogP contribution in [0.1, 0.15) is 42.5 Å². The number of pyridine rings is 1. The number of benzene rings is 1. The average molecular weight is 378 g/mol. The quantitative estimate of drug-likeness (QED) is 0.676. The molecule has 5 rings (SSSR count). The summed E-state index contributed by atoms with van der Waals surface area (Å²) in [4.78, 5) is 10.8. The van der Waals surface area contributed by atoms with Crippen LogP contribution in [0.3, 0.4) is 0 Å². The Morgan fingerprint density at radius 1 is 1.00 bits per heavy atom. The number of aromatic amines is 1. The van der Waals surface area contributed by atoms with Gasteiger partial charge in [0.1, 0.15) is 5.65 Å². The van der Waals surface area contributed by atoms with Crippen LogP contribution >= 0.6 is 11.8 Å². The summed E-state index contributed by atoms with van der Waals surface area (Å²) in [6, 6.07) is 15.4. The lowest BCUT2D eigenvalue weighted by atomic mass is 9.70. The van der Waals surface area contributed by atoms with Gasteiger partial charge in [-0.2, -0.15) is 0 Å². The molecule has 2 aromatic heterocycles. The standard InChI is InChI=1S/C23H27N3S/c1-26(2)22(17-7-4-3-5-8-17)11-13-23(14-12-22)20-18(10-16-27-23)19-9-6-15-24-21(19)25-20/h3-9,15H,10-14,16H2,1-2H3,(H,24,25). The number of nitrogens with zero attached hydrogens (tertiary/aromatic N) is 2. The summed E-state index contributed by atoms with van der Waals surface area (Å²) >= 11 is 2.17. The van der Waals surface area contributed by atoms with Crippen LogP contribution in [0.5, 0.6) is 0 Å². The SMILES string of the molecule is CN(C)C1(c2ccccc2)CCC2(CC1)SCCc1c2[nH]c2ncccc12. The number of hydrogen-bond acceptors (Lipinski definition) is 3. The number of aromatic nitrogens is 2. The summed E-state index contributed by atoms with van der Waals surface area (Å²) < 4.78 is 0.225. The summed E-state index contributed by atoms with van der Waals surface area (Å²) in [5.41, 5.74) is 5.66. The Bertz CT molecular complexity index is 952. The van der Waals surface area contributed by atoms with E-state index in [1.165, 1.54) is 53.6 Å². The highest BCUT2D eigenvalue weighted by Crippen LogP contribution is 2.57. The van der Waals surface area contributed by atoms with Gasteiger partial charge < -0.3 is 4.98 Å². The minimum absolute atomic E-state index is 0.148. The molecule has 0 bridgehead atoms. The van der Waals surface area contributed by atoms with Crippen LogP contribution in [0.4, 0.5) is 0 Å². The molecule has 3 nitrogen and oxygen atoms in total. The van der Waals surface area contributed by atoms with Crippen molar-refractivity contribution >= 4 is 22.8 Å². The second-order valence-corrected chi connectivity index (χ2v) is 9.74. The summed E-state index contributed by atoms with van der Waals surface area (Å²) in [5.74, 6) is 1.22. The number of rotatable bonds is 2. The van der Waals surface area contributed by atoms with Gasteiger partial charge >= 0.3 is 0 Å². The first-order chi connectivity index (χ1) is 13.1. The lowest BCUT2D eigenvalue weighted by Crippen LogP contribution is -2.48. The van der Waals surface area contributed by atoms with Crippen LogP contribution < -0.4 is 0 Å². The average Bonchev–Trinajstić information content (AvgIpc) is 3.10. The van der Waals surface area contributed by atoms with Crippen LogP contribution in [0.25, 0.3) is 11.0 Å². The van der Waals surface area contributed by atoms with Gasteiger partial charge in [0.05, 0.1) is 4.75 Å². The highest BCUT2D eigenvalue weighted by Gasteiger charge is 2.48. The second kappa shape index (κ2) is 6.39. The molecule has 1 spiro atoms. The Balaban J connectivity index is 1.53. The van der Waals surface area contributed by atoms with Gasteiger partial charge in [0, 0.05) is 22.8 Å². The molecule has 0 amide bonds. The minimum atomic E-state index is 0.148. The molecule has 0 radical (unpaired) electrons. The molecule has 1 aliphatic carbocycles. The maximum absolute atomic E-state index is 4.60. The van der Waals surface area contributed by atoms with Crippen molar-refractivity contribution in [1.82, 2.24) is 14.9 Å². The Morgan fingerprint density at radius 2 is 1.78 bits per heavy atom. The van der Waals surface area contributed by atoms with Gasteiger partial charge in [-0.3, -0.25) is 4.90 Å². The molecule has 0 unspecified atom stereocenters. The number of aryl methyl sites for hydroxylation is 1. The molecular formula is C23H27N3S. The normalized spacial score (nSPS) is 28.0. The monoisotopic (exact) mass is 377 g/mol. The van der Waals surface area contributed by atoms with E-state index < -0.39 is 0 Å². The lowest BCUT2D eigenvalue weighted by molar-refractivity contribution is 0.0839. The molecule has 140 valence electrons. The van der Waals surface area contributed by atoms with Crippen molar-refractivity contribution in [2.24, 2.45) is 0 Å². The van der Waals surface area contributed by atoms with Gasteiger partial charge in [-0.25, -0.2) is 4.98 Å². The predicted octanol–water partition coefficient (Wildman–Crippen LogP) is 5.08. The molecule has 27 heavy (non-hydrogen) atoms. The van der Waals surface area contributed by atoms with Crippen LogP contribution in [0.15, 0.2) is 48.7 Å². The molecule has 3 aromatic rings. The summed E-state index contributed by atoms with van der Waals surface area (Å²) in [7, 11) is 4.49. The molecule has 1 fully saturated rings. The number of nitrogens with one attached hydrogen (secondary N) is 1. The molecule has 3 heterocycles. The lowest BCUT2D eigenvalue weighted by Gasteiger charge is -2.50. The van der Waals surface area contributed by atoms with E-state index in [0.29, 0.717) is 0 Å². The summed E-state index contributed by atoms with van der Waals surface area (Å²) in [6.07, 6.45) is 7.87. The number of H-pyrrole nitrogens is 1. The largest absolute Gasteiger partial charge is 0.342 e. The fourth-order valence-corrected chi connectivity index (χ4v) is 6.86. The van der Waals surface area contributed by atoms with E-state index in [4.69, 9.17) is 0 Å². The van der Waals surface area contributed by atoms with E-state index in [0.717, 1.165) is 12.1 Å². The highest BCUT2D eigenvalue weighted by molar-refractivity contribution is 8.00. The maximum Gasteiger partial charge on any atom is 0.137 e. The van der Waals surface area contributed by atoms with Crippen LogP contribution in [0.2, 0.25) is 0 Å². The molecule has 0 atom stereocenters. The Morgan fingerprint density at radius 3 is 2.52 bits per heavy atom. The van der Waals surface area contributed by atoms with E-state index in [1.807, 2.05) is 6.20 Å². The molecule has 4 heteroatoms. The van der Waals surface area contributed by atoms with Crippen molar-refractivity contribution in [2.45, 2.75) is 42.4 Å². The fraction of sp³-hybridized carbons (Fsp3) is 0.435. The third-order valence-corrected chi connectivity index (χ3v) is 8.49. The van der Waals surface area contributed by atoms with Crippen molar-refractivity contribution in [3.05, 3.63) is 65.5 Å². The zero-order chi connectivity index (χ0) is 18.5. The first-order valence-corrected chi connectivity index (χ1v) is 11.0. The third kappa shape index (κ3) is 2.57. The second-order valence-electron chi connectivity index (χ2n) is 8.26. The van der Waals surface area contributed by atoms with Crippen molar-refractivity contribution in [3.8, 4) is 0 Å². The van der Waals surface area contributed by atoms with E-state index >= 15 is 0 Å². The predicted molar refractivity (Wildman–Crippen MR) is 114 cm³/mol. The number of thioether (sulfide) groups is 1. The van der Waals surface area contributed by atoms with Gasteiger partial charge in [0.25, 0.3) is 0 Å². The first-order valence-electron chi connectivity index (χ1n) is 9.98. The molecule has 1 N–H and O–H groups in total. The topological polar surface area (TPSA) is 31.9 Å². The first kappa shape index (κ1) is 17.3. The fourth-order valence-electron chi connectivity index (χ4n) is 5.35. The van der Waals surface area contributed by atoms with E-state index in [9.17, 15) is 0 Å². The molecular weight excluding hydrogens is 350 g/mol. The van der Waals surface area contributed by atoms with Crippen molar-refractivity contribution in [1.29, 1.82) is 0 Å². The van der Waals surface area contributed by atoms with Gasteiger partial charge in [0.2, 0.25) is 0 Å². The highest BCUT2D eigenvalue weighted by atomic mass is 32.2. The number of hydrogen-bond donors (Lipinski definition) is 1. The zero-order valence-corrected chi connectivity index (χ0v) is 17.0. The maximum atomic E-state index is 4.60. The van der Waals surface area contributed by atoms with E-state index in [2.05, 4.69) is 83.2 Å². The smallest absolute Gasteiger partial charge is 0.137 e. The van der Waals surface area contributed by atoms with Crippen LogP contribution in [0, 0.1) is 0 Å². The van der Waals surface area contributed by atoms with Crippen molar-refractivity contribution in [3.63, 3.8) is 0 Å². The van der Waals surface area contributed by atoms with Crippen molar-refractivity contribution < 1.29 is 0 Å². The molecule has 0 saturated heterocycles. The van der Waals surface area contributed by atoms with Gasteiger partial charge in [0.15, 0.2) is 0 Å². The minimum Gasteiger partial charge on any atom is -0.342 e. The molecule has 1 aliphatic heterocycles. The van der Waals surface area contributed by atoms with Crippen molar-refractivity contribution in [2.75, 3.05) is 19.8 Å². The Hall–Kier alpha value is -1.78. The zero-order valence-electron chi connectivity index (χ0n) is 16.2. The van der Waals surface area contributed by atoms with E-state index in [-0.39, 0.29) is 10.3 Å². The van der Waals surface area contributed by atoms with E-state index in [1.54, 1.807) is 0 Å². The van der Waals surface area contributed by atoms with Gasteiger partial charge in [-0.05, 0) is 75.2 Å².